The second kappa shape index (κ2) is 5.70. The van der Waals surface area contributed by atoms with Gasteiger partial charge >= 0.3 is 6.03 Å². The van der Waals surface area contributed by atoms with Crippen LogP contribution in [0.5, 0.6) is 0 Å². The van der Waals surface area contributed by atoms with E-state index in [1.165, 1.54) is 12.1 Å². The molecule has 1 saturated heterocycles. The molecular formula is C14H16FN3O. The Kier molecular flexibility index (Phi) is 4.00. The largest absolute Gasteiger partial charge is 0.325 e. The smallest absolute Gasteiger partial charge is 0.321 e. The molecule has 2 rings (SSSR count). The molecule has 2 amide bonds. The van der Waals surface area contributed by atoms with Crippen molar-refractivity contribution in [3.05, 3.63) is 29.6 Å². The van der Waals surface area contributed by atoms with Crippen molar-refractivity contribution >= 4 is 11.7 Å². The van der Waals surface area contributed by atoms with Crippen molar-refractivity contribution < 1.29 is 9.18 Å². The highest BCUT2D eigenvalue weighted by Gasteiger charge is 2.20. The highest BCUT2D eigenvalue weighted by atomic mass is 19.1. The predicted octanol–water partition coefficient (Wildman–Crippen LogP) is 2.96. The first-order valence-electron chi connectivity index (χ1n) is 6.35. The summed E-state index contributed by atoms with van der Waals surface area (Å²) in [6.07, 6.45) is 1.95. The minimum Gasteiger partial charge on any atom is -0.325 e. The number of urea groups is 1. The summed E-state index contributed by atoms with van der Waals surface area (Å²) < 4.78 is 13.6. The van der Waals surface area contributed by atoms with Crippen LogP contribution in [-0.4, -0.2) is 24.0 Å². The van der Waals surface area contributed by atoms with Gasteiger partial charge in [-0.1, -0.05) is 6.92 Å². The maximum Gasteiger partial charge on any atom is 0.321 e. The van der Waals surface area contributed by atoms with Crippen LogP contribution in [-0.2, 0) is 0 Å². The Morgan fingerprint density at radius 3 is 2.74 bits per heavy atom. The first-order chi connectivity index (χ1) is 9.10. The molecule has 1 N–H and O–H groups in total. The molecule has 1 aromatic rings. The van der Waals surface area contributed by atoms with Crippen molar-refractivity contribution in [1.82, 2.24) is 4.90 Å². The Morgan fingerprint density at radius 1 is 1.47 bits per heavy atom. The molecule has 1 aliphatic heterocycles. The zero-order valence-electron chi connectivity index (χ0n) is 10.8. The Labute approximate surface area is 111 Å². The molecule has 19 heavy (non-hydrogen) atoms. The van der Waals surface area contributed by atoms with Crippen molar-refractivity contribution in [2.75, 3.05) is 18.4 Å². The van der Waals surface area contributed by atoms with Gasteiger partial charge in [0, 0.05) is 13.1 Å². The third-order valence-electron chi connectivity index (χ3n) is 3.41. The molecular weight excluding hydrogens is 245 g/mol. The molecule has 1 aliphatic rings. The summed E-state index contributed by atoms with van der Waals surface area (Å²) in [5.41, 5.74) is 0.352. The first kappa shape index (κ1) is 13.3. The summed E-state index contributed by atoms with van der Waals surface area (Å²) >= 11 is 0. The van der Waals surface area contributed by atoms with Crippen LogP contribution in [0.25, 0.3) is 0 Å². The Morgan fingerprint density at radius 2 is 2.16 bits per heavy atom. The van der Waals surface area contributed by atoms with Gasteiger partial charge < -0.3 is 10.2 Å². The van der Waals surface area contributed by atoms with Gasteiger partial charge in [0.1, 0.15) is 5.82 Å². The summed E-state index contributed by atoms with van der Waals surface area (Å²) in [4.78, 5) is 13.7. The normalized spacial score (nSPS) is 15.9. The molecule has 4 nitrogen and oxygen atoms in total. The van der Waals surface area contributed by atoms with E-state index in [0.717, 1.165) is 18.9 Å². The molecule has 0 radical (unpaired) electrons. The number of hydrogen-bond donors (Lipinski definition) is 1. The number of piperidine rings is 1. The highest BCUT2D eigenvalue weighted by Crippen LogP contribution is 2.19. The van der Waals surface area contributed by atoms with Crippen molar-refractivity contribution in [2.45, 2.75) is 19.8 Å². The van der Waals surface area contributed by atoms with Gasteiger partial charge in [-0.25, -0.2) is 9.18 Å². The van der Waals surface area contributed by atoms with Gasteiger partial charge in [-0.15, -0.1) is 0 Å². The lowest BCUT2D eigenvalue weighted by atomic mass is 10.00. The van der Waals surface area contributed by atoms with Crippen LogP contribution >= 0.6 is 0 Å². The van der Waals surface area contributed by atoms with Crippen LogP contribution in [0.2, 0.25) is 0 Å². The third kappa shape index (κ3) is 3.22. The summed E-state index contributed by atoms with van der Waals surface area (Å²) in [6.45, 7) is 3.56. The molecule has 1 heterocycles. The number of carbonyl (C=O) groups excluding carboxylic acids is 1. The lowest BCUT2D eigenvalue weighted by Gasteiger charge is -2.30. The van der Waals surface area contributed by atoms with Gasteiger partial charge in [0.05, 0.1) is 17.3 Å². The van der Waals surface area contributed by atoms with E-state index < -0.39 is 5.82 Å². The number of halogens is 1. The molecule has 0 unspecified atom stereocenters. The molecule has 0 saturated carbocycles. The fraction of sp³-hybridized carbons (Fsp3) is 0.429. The van der Waals surface area contributed by atoms with Gasteiger partial charge in [-0.3, -0.25) is 0 Å². The molecule has 0 bridgehead atoms. The maximum atomic E-state index is 13.6. The standard InChI is InChI=1S/C14H16FN3O/c1-10-4-6-18(7-5-10)14(19)17-13-3-2-11(9-16)8-12(13)15/h2-3,8,10H,4-7H2,1H3,(H,17,19). The lowest BCUT2D eigenvalue weighted by molar-refractivity contribution is 0.186. The van der Waals surface area contributed by atoms with E-state index in [9.17, 15) is 9.18 Å². The number of nitriles is 1. The van der Waals surface area contributed by atoms with E-state index in [-0.39, 0.29) is 17.3 Å². The minimum atomic E-state index is -0.585. The number of likely N-dealkylation sites (tertiary alicyclic amines) is 1. The van der Waals surface area contributed by atoms with Crippen molar-refractivity contribution in [3.63, 3.8) is 0 Å². The summed E-state index contributed by atoms with van der Waals surface area (Å²) in [6, 6.07) is 5.59. The van der Waals surface area contributed by atoms with Gasteiger partial charge in [0.2, 0.25) is 0 Å². The van der Waals surface area contributed by atoms with Gasteiger partial charge in [-0.05, 0) is 37.0 Å². The SMILES string of the molecule is CC1CCN(C(=O)Nc2ccc(C#N)cc2F)CC1. The molecule has 1 fully saturated rings. The Bertz CT molecular complexity index is 516. The number of anilines is 1. The number of nitrogens with zero attached hydrogens (tertiary/aromatic N) is 2. The van der Waals surface area contributed by atoms with E-state index in [0.29, 0.717) is 19.0 Å². The second-order valence-corrected chi connectivity index (χ2v) is 4.91. The summed E-state index contributed by atoms with van der Waals surface area (Å²) in [5, 5.41) is 11.2. The van der Waals surface area contributed by atoms with Crippen molar-refractivity contribution in [2.24, 2.45) is 5.92 Å². The average Bonchev–Trinajstić information content (AvgIpc) is 2.41. The van der Waals surface area contributed by atoms with Crippen molar-refractivity contribution in [3.8, 4) is 6.07 Å². The maximum absolute atomic E-state index is 13.6. The molecule has 0 aliphatic carbocycles. The van der Waals surface area contributed by atoms with Gasteiger partial charge in [-0.2, -0.15) is 5.26 Å². The van der Waals surface area contributed by atoms with E-state index >= 15 is 0 Å². The summed E-state index contributed by atoms with van der Waals surface area (Å²) in [7, 11) is 0. The fourth-order valence-corrected chi connectivity index (χ4v) is 2.09. The monoisotopic (exact) mass is 261 g/mol. The number of nitrogens with one attached hydrogen (secondary N) is 1. The van der Waals surface area contributed by atoms with E-state index in [1.807, 2.05) is 6.07 Å². The Hall–Kier alpha value is -2.09. The number of benzene rings is 1. The number of carbonyl (C=O) groups is 1. The summed E-state index contributed by atoms with van der Waals surface area (Å²) in [5.74, 6) is 0.0495. The molecule has 0 spiro atoms. The number of hydrogen-bond acceptors (Lipinski definition) is 2. The van der Waals surface area contributed by atoms with Crippen LogP contribution < -0.4 is 5.32 Å². The average molecular weight is 261 g/mol. The zero-order valence-corrected chi connectivity index (χ0v) is 10.8. The second-order valence-electron chi connectivity index (χ2n) is 4.91. The van der Waals surface area contributed by atoms with Crippen LogP contribution in [0, 0.1) is 23.1 Å². The molecule has 5 heteroatoms. The number of amides is 2. The van der Waals surface area contributed by atoms with E-state index in [1.54, 1.807) is 4.90 Å². The van der Waals surface area contributed by atoms with Crippen LogP contribution in [0.4, 0.5) is 14.9 Å². The lowest BCUT2D eigenvalue weighted by Crippen LogP contribution is -2.40. The predicted molar refractivity (Wildman–Crippen MR) is 70.1 cm³/mol. The Balaban J connectivity index is 2.01. The van der Waals surface area contributed by atoms with Crippen molar-refractivity contribution in [1.29, 1.82) is 5.26 Å². The highest BCUT2D eigenvalue weighted by molar-refractivity contribution is 5.89. The van der Waals surface area contributed by atoms with E-state index in [4.69, 9.17) is 5.26 Å². The van der Waals surface area contributed by atoms with Crippen LogP contribution in [0.3, 0.4) is 0 Å². The molecule has 0 aromatic heterocycles. The quantitative estimate of drug-likeness (QED) is 0.845. The third-order valence-corrected chi connectivity index (χ3v) is 3.41. The van der Waals surface area contributed by atoms with Crippen LogP contribution in [0.1, 0.15) is 25.3 Å². The number of rotatable bonds is 1. The first-order valence-corrected chi connectivity index (χ1v) is 6.35. The minimum absolute atomic E-state index is 0.114. The zero-order chi connectivity index (χ0) is 13.8. The fourth-order valence-electron chi connectivity index (χ4n) is 2.09. The van der Waals surface area contributed by atoms with Gasteiger partial charge in [0.15, 0.2) is 0 Å². The molecule has 0 atom stereocenters. The van der Waals surface area contributed by atoms with Crippen LogP contribution in [0.15, 0.2) is 18.2 Å². The molecule has 1 aromatic carbocycles. The molecule has 100 valence electrons. The topological polar surface area (TPSA) is 56.1 Å². The van der Waals surface area contributed by atoms with E-state index in [2.05, 4.69) is 12.2 Å². The van der Waals surface area contributed by atoms with Gasteiger partial charge in [0.25, 0.3) is 0 Å².